The van der Waals surface area contributed by atoms with E-state index in [0.717, 1.165) is 0 Å². The van der Waals surface area contributed by atoms with Crippen LogP contribution in [0.2, 0.25) is 5.15 Å². The topological polar surface area (TPSA) is 78.7 Å². The summed E-state index contributed by atoms with van der Waals surface area (Å²) in [5.74, 6) is -0.435. The second kappa shape index (κ2) is 4.90. The maximum atomic E-state index is 11.7. The predicted molar refractivity (Wildman–Crippen MR) is 58.8 cm³/mol. The van der Waals surface area contributed by atoms with E-state index in [-0.39, 0.29) is 10.8 Å². The molecule has 1 unspecified atom stereocenters. The third-order valence-electron chi connectivity index (χ3n) is 2.20. The number of aromatic nitrogens is 2. The molecule has 0 saturated heterocycles. The second-order valence-electron chi connectivity index (χ2n) is 3.48. The SMILES string of the molecule is CCC(C)(C#N)NC(=O)c1cnc(Cl)cn1. The van der Waals surface area contributed by atoms with Crippen LogP contribution in [0.3, 0.4) is 0 Å². The van der Waals surface area contributed by atoms with Crippen molar-refractivity contribution in [3.63, 3.8) is 0 Å². The van der Waals surface area contributed by atoms with Crippen LogP contribution in [-0.2, 0) is 0 Å². The molecule has 0 aliphatic heterocycles. The highest BCUT2D eigenvalue weighted by atomic mass is 35.5. The minimum absolute atomic E-state index is 0.138. The highest BCUT2D eigenvalue weighted by Crippen LogP contribution is 2.08. The Balaban J connectivity index is 2.81. The summed E-state index contributed by atoms with van der Waals surface area (Å²) in [5, 5.41) is 11.7. The average Bonchev–Trinajstić information content (AvgIpc) is 2.29. The minimum atomic E-state index is -0.890. The lowest BCUT2D eigenvalue weighted by molar-refractivity contribution is 0.0917. The fourth-order valence-corrected chi connectivity index (χ4v) is 1.04. The van der Waals surface area contributed by atoms with Crippen molar-refractivity contribution in [2.45, 2.75) is 25.8 Å². The van der Waals surface area contributed by atoms with Gasteiger partial charge in [0.15, 0.2) is 0 Å². The number of nitrogens with zero attached hydrogens (tertiary/aromatic N) is 3. The number of nitrogens with one attached hydrogen (secondary N) is 1. The van der Waals surface area contributed by atoms with Gasteiger partial charge in [0, 0.05) is 0 Å². The molecule has 0 aliphatic rings. The van der Waals surface area contributed by atoms with Crippen molar-refractivity contribution >= 4 is 17.5 Å². The predicted octanol–water partition coefficient (Wildman–Crippen LogP) is 1.55. The van der Waals surface area contributed by atoms with Crippen LogP contribution < -0.4 is 5.32 Å². The monoisotopic (exact) mass is 238 g/mol. The van der Waals surface area contributed by atoms with Gasteiger partial charge in [-0.05, 0) is 13.3 Å². The van der Waals surface area contributed by atoms with Crippen molar-refractivity contribution < 1.29 is 4.79 Å². The first-order chi connectivity index (χ1) is 7.50. The maximum absolute atomic E-state index is 11.7. The first kappa shape index (κ1) is 12.4. The first-order valence-corrected chi connectivity index (χ1v) is 5.10. The molecule has 1 N–H and O–H groups in total. The molecule has 1 aromatic heterocycles. The van der Waals surface area contributed by atoms with E-state index in [0.29, 0.717) is 6.42 Å². The van der Waals surface area contributed by atoms with Gasteiger partial charge in [-0.25, -0.2) is 9.97 Å². The Bertz CT molecular complexity index is 425. The zero-order valence-electron chi connectivity index (χ0n) is 8.99. The third-order valence-corrected chi connectivity index (χ3v) is 2.39. The van der Waals surface area contributed by atoms with Crippen molar-refractivity contribution in [2.75, 3.05) is 0 Å². The van der Waals surface area contributed by atoms with Crippen molar-refractivity contribution in [1.82, 2.24) is 15.3 Å². The van der Waals surface area contributed by atoms with Gasteiger partial charge in [0.05, 0.1) is 18.5 Å². The molecule has 5 nitrogen and oxygen atoms in total. The molecule has 0 aromatic carbocycles. The highest BCUT2D eigenvalue weighted by Gasteiger charge is 2.24. The summed E-state index contributed by atoms with van der Waals surface area (Å²) < 4.78 is 0. The number of carbonyl (C=O) groups excluding carboxylic acids is 1. The molecule has 0 aliphatic carbocycles. The van der Waals surface area contributed by atoms with Gasteiger partial charge < -0.3 is 5.32 Å². The van der Waals surface area contributed by atoms with E-state index in [9.17, 15) is 4.79 Å². The molecule has 1 aromatic rings. The quantitative estimate of drug-likeness (QED) is 0.867. The lowest BCUT2D eigenvalue weighted by Gasteiger charge is -2.20. The van der Waals surface area contributed by atoms with Crippen LogP contribution in [0, 0.1) is 11.3 Å². The number of halogens is 1. The molecule has 1 amide bonds. The van der Waals surface area contributed by atoms with Gasteiger partial charge in [-0.1, -0.05) is 18.5 Å². The molecule has 1 rings (SSSR count). The molecule has 1 heterocycles. The van der Waals surface area contributed by atoms with Crippen LogP contribution in [-0.4, -0.2) is 21.4 Å². The van der Waals surface area contributed by atoms with Crippen molar-refractivity contribution in [3.8, 4) is 6.07 Å². The summed E-state index contributed by atoms with van der Waals surface area (Å²) in [6.07, 6.45) is 3.06. The molecule has 0 bridgehead atoms. The zero-order valence-corrected chi connectivity index (χ0v) is 9.75. The molecule has 0 fully saturated rings. The molecule has 1 atom stereocenters. The molecular formula is C10H11ClN4O. The van der Waals surface area contributed by atoms with Gasteiger partial charge in [0.2, 0.25) is 0 Å². The van der Waals surface area contributed by atoms with Crippen LogP contribution in [0.4, 0.5) is 0 Å². The zero-order chi connectivity index (χ0) is 12.2. The molecule has 0 saturated carbocycles. The molecule has 84 valence electrons. The fraction of sp³-hybridized carbons (Fsp3) is 0.400. The first-order valence-electron chi connectivity index (χ1n) is 4.72. The largest absolute Gasteiger partial charge is 0.333 e. The van der Waals surface area contributed by atoms with Gasteiger partial charge in [-0.3, -0.25) is 4.79 Å². The molecule has 16 heavy (non-hydrogen) atoms. The lowest BCUT2D eigenvalue weighted by Crippen LogP contribution is -2.44. The summed E-state index contributed by atoms with van der Waals surface area (Å²) in [5.41, 5.74) is -0.752. The van der Waals surface area contributed by atoms with Crippen LogP contribution in [0.25, 0.3) is 0 Å². The number of amides is 1. The van der Waals surface area contributed by atoms with Crippen LogP contribution in [0.1, 0.15) is 30.8 Å². The second-order valence-corrected chi connectivity index (χ2v) is 3.86. The summed E-state index contributed by atoms with van der Waals surface area (Å²) in [4.78, 5) is 19.2. The smallest absolute Gasteiger partial charge is 0.272 e. The van der Waals surface area contributed by atoms with Crippen molar-refractivity contribution in [1.29, 1.82) is 5.26 Å². The van der Waals surface area contributed by atoms with Gasteiger partial charge in [0.1, 0.15) is 16.4 Å². The summed E-state index contributed by atoms with van der Waals surface area (Å²) in [7, 11) is 0. The Morgan fingerprint density at radius 2 is 2.31 bits per heavy atom. The number of rotatable bonds is 3. The molecule has 0 radical (unpaired) electrons. The van der Waals surface area contributed by atoms with Gasteiger partial charge in [-0.15, -0.1) is 0 Å². The Kier molecular flexibility index (Phi) is 3.80. The average molecular weight is 239 g/mol. The van der Waals surface area contributed by atoms with E-state index in [1.165, 1.54) is 12.4 Å². The number of nitriles is 1. The van der Waals surface area contributed by atoms with E-state index in [1.54, 1.807) is 6.92 Å². The van der Waals surface area contributed by atoms with E-state index < -0.39 is 11.4 Å². The van der Waals surface area contributed by atoms with Crippen LogP contribution in [0.5, 0.6) is 0 Å². The summed E-state index contributed by atoms with van der Waals surface area (Å²) in [6.45, 7) is 3.46. The van der Waals surface area contributed by atoms with Crippen LogP contribution >= 0.6 is 11.6 Å². The minimum Gasteiger partial charge on any atom is -0.333 e. The van der Waals surface area contributed by atoms with Gasteiger partial charge in [-0.2, -0.15) is 5.26 Å². The Labute approximate surface area is 98.5 Å². The van der Waals surface area contributed by atoms with Crippen LogP contribution in [0.15, 0.2) is 12.4 Å². The highest BCUT2D eigenvalue weighted by molar-refractivity contribution is 6.29. The Hall–Kier alpha value is -1.67. The number of carbonyl (C=O) groups is 1. The normalized spacial score (nSPS) is 13.6. The molecule has 6 heteroatoms. The van der Waals surface area contributed by atoms with E-state index in [4.69, 9.17) is 16.9 Å². The summed E-state index contributed by atoms with van der Waals surface area (Å²) in [6, 6.07) is 2.03. The fourth-order valence-electron chi connectivity index (χ4n) is 0.940. The lowest BCUT2D eigenvalue weighted by atomic mass is 10.0. The number of hydrogen-bond donors (Lipinski definition) is 1. The van der Waals surface area contributed by atoms with Gasteiger partial charge >= 0.3 is 0 Å². The van der Waals surface area contributed by atoms with Gasteiger partial charge in [0.25, 0.3) is 5.91 Å². The Morgan fingerprint density at radius 1 is 1.62 bits per heavy atom. The standard InChI is InChI=1S/C10H11ClN4O/c1-3-10(2,6-12)15-9(16)7-4-14-8(11)5-13-7/h4-5H,3H2,1-2H3,(H,15,16). The van der Waals surface area contributed by atoms with E-state index >= 15 is 0 Å². The molecular weight excluding hydrogens is 228 g/mol. The van der Waals surface area contributed by atoms with E-state index in [2.05, 4.69) is 15.3 Å². The molecule has 0 spiro atoms. The summed E-state index contributed by atoms with van der Waals surface area (Å²) >= 11 is 5.55. The number of hydrogen-bond acceptors (Lipinski definition) is 4. The van der Waals surface area contributed by atoms with Crippen molar-refractivity contribution in [3.05, 3.63) is 23.2 Å². The maximum Gasteiger partial charge on any atom is 0.272 e. The van der Waals surface area contributed by atoms with E-state index in [1.807, 2.05) is 13.0 Å². The third kappa shape index (κ3) is 2.91. The Morgan fingerprint density at radius 3 is 2.75 bits per heavy atom. The van der Waals surface area contributed by atoms with Crippen molar-refractivity contribution in [2.24, 2.45) is 0 Å².